The number of ether oxygens (including phenoxy) is 1. The highest BCUT2D eigenvalue weighted by Crippen LogP contribution is 2.28. The van der Waals surface area contributed by atoms with Crippen molar-refractivity contribution in [3.05, 3.63) is 48.2 Å². The van der Waals surface area contributed by atoms with Crippen molar-refractivity contribution in [2.45, 2.75) is 6.42 Å². The quantitative estimate of drug-likeness (QED) is 0.865. The normalized spacial score (nSPS) is 16.5. The lowest BCUT2D eigenvalue weighted by molar-refractivity contribution is -0.121. The van der Waals surface area contributed by atoms with Crippen molar-refractivity contribution in [3.8, 4) is 5.75 Å². The summed E-state index contributed by atoms with van der Waals surface area (Å²) in [4.78, 5) is 30.1. The van der Waals surface area contributed by atoms with Gasteiger partial charge in [-0.25, -0.2) is 4.98 Å². The molecule has 2 aromatic rings. The second-order valence-electron chi connectivity index (χ2n) is 5.86. The van der Waals surface area contributed by atoms with Crippen LogP contribution in [0.2, 0.25) is 0 Å². The number of hydrogen-bond acceptors (Lipinski definition) is 5. The van der Waals surface area contributed by atoms with Crippen LogP contribution in [0.15, 0.2) is 42.6 Å². The summed E-state index contributed by atoms with van der Waals surface area (Å²) in [5, 5.41) is 3.16. The van der Waals surface area contributed by atoms with Crippen molar-refractivity contribution in [1.82, 2.24) is 9.88 Å². The molecule has 1 aromatic carbocycles. The molecule has 3 N–H and O–H groups in total. The zero-order valence-corrected chi connectivity index (χ0v) is 13.9. The number of rotatable bonds is 5. The lowest BCUT2D eigenvalue weighted by Crippen LogP contribution is -2.32. The van der Waals surface area contributed by atoms with Crippen molar-refractivity contribution >= 4 is 23.3 Å². The average molecular weight is 340 g/mol. The van der Waals surface area contributed by atoms with E-state index in [-0.39, 0.29) is 17.7 Å². The molecule has 0 spiro atoms. The van der Waals surface area contributed by atoms with Crippen LogP contribution in [0, 0.1) is 5.92 Å². The second kappa shape index (κ2) is 7.21. The fourth-order valence-electron chi connectivity index (χ4n) is 2.90. The highest BCUT2D eigenvalue weighted by molar-refractivity contribution is 6.00. The Morgan fingerprint density at radius 3 is 2.80 bits per heavy atom. The molecule has 0 radical (unpaired) electrons. The molecule has 7 heteroatoms. The number of benzene rings is 1. The number of primary amides is 1. The molecule has 25 heavy (non-hydrogen) atoms. The number of amides is 2. The first-order valence-corrected chi connectivity index (χ1v) is 8.04. The Labute approximate surface area is 145 Å². The van der Waals surface area contributed by atoms with Gasteiger partial charge in [0.05, 0.1) is 24.3 Å². The first-order chi connectivity index (χ1) is 12.1. The van der Waals surface area contributed by atoms with E-state index >= 15 is 0 Å². The molecular formula is C18H20N4O3. The largest absolute Gasteiger partial charge is 0.495 e. The molecule has 1 aromatic heterocycles. The Balaban J connectivity index is 1.84. The minimum Gasteiger partial charge on any atom is -0.495 e. The maximum Gasteiger partial charge on any atom is 0.257 e. The highest BCUT2D eigenvalue weighted by Gasteiger charge is 2.31. The molecule has 1 fully saturated rings. The predicted octanol–water partition coefficient (Wildman–Crippen LogP) is 1.78. The second-order valence-corrected chi connectivity index (χ2v) is 5.86. The Morgan fingerprint density at radius 2 is 2.08 bits per heavy atom. The predicted molar refractivity (Wildman–Crippen MR) is 93.7 cm³/mol. The molecule has 1 saturated heterocycles. The first-order valence-electron chi connectivity index (χ1n) is 8.04. The van der Waals surface area contributed by atoms with E-state index in [4.69, 9.17) is 10.5 Å². The van der Waals surface area contributed by atoms with E-state index in [9.17, 15) is 9.59 Å². The number of carbonyl (C=O) groups is 2. The highest BCUT2D eigenvalue weighted by atomic mass is 16.5. The van der Waals surface area contributed by atoms with Gasteiger partial charge in [-0.2, -0.15) is 0 Å². The van der Waals surface area contributed by atoms with Gasteiger partial charge in [0.25, 0.3) is 5.91 Å². The van der Waals surface area contributed by atoms with Crippen molar-refractivity contribution in [2.75, 3.05) is 25.5 Å². The summed E-state index contributed by atoms with van der Waals surface area (Å²) in [6.45, 7) is 0.854. The number of aromatic nitrogens is 1. The lowest BCUT2D eigenvalue weighted by atomic mass is 10.1. The summed E-state index contributed by atoms with van der Waals surface area (Å²) in [5.74, 6) is 0.274. The Bertz CT molecular complexity index is 793. The van der Waals surface area contributed by atoms with Gasteiger partial charge in [-0.05, 0) is 30.7 Å². The van der Waals surface area contributed by atoms with Crippen LogP contribution in [-0.2, 0) is 4.79 Å². The fourth-order valence-corrected chi connectivity index (χ4v) is 2.90. The van der Waals surface area contributed by atoms with Gasteiger partial charge in [0, 0.05) is 19.3 Å². The minimum absolute atomic E-state index is 0.172. The van der Waals surface area contributed by atoms with E-state index in [2.05, 4.69) is 10.3 Å². The van der Waals surface area contributed by atoms with E-state index in [1.165, 1.54) is 0 Å². The summed E-state index contributed by atoms with van der Waals surface area (Å²) < 4.78 is 5.32. The number of pyridine rings is 1. The maximum absolute atomic E-state index is 12.8. The zero-order chi connectivity index (χ0) is 17.8. The van der Waals surface area contributed by atoms with Crippen molar-refractivity contribution in [3.63, 3.8) is 0 Å². The number of methoxy groups -OCH3 is 1. The van der Waals surface area contributed by atoms with Gasteiger partial charge in [-0.1, -0.05) is 12.1 Å². The molecule has 1 aliphatic rings. The minimum atomic E-state index is -0.367. The third-order valence-corrected chi connectivity index (χ3v) is 4.28. The van der Waals surface area contributed by atoms with Gasteiger partial charge in [0.2, 0.25) is 5.91 Å². The lowest BCUT2D eigenvalue weighted by Gasteiger charge is -2.18. The third kappa shape index (κ3) is 3.55. The summed E-state index contributed by atoms with van der Waals surface area (Å²) in [6, 6.07) is 10.8. The van der Waals surface area contributed by atoms with Crippen LogP contribution >= 0.6 is 0 Å². The molecule has 1 unspecified atom stereocenters. The van der Waals surface area contributed by atoms with Gasteiger partial charge in [0.15, 0.2) is 0 Å². The average Bonchev–Trinajstić information content (AvgIpc) is 3.12. The van der Waals surface area contributed by atoms with Crippen molar-refractivity contribution in [2.24, 2.45) is 11.7 Å². The number of likely N-dealkylation sites (tertiary alicyclic amines) is 1. The van der Waals surface area contributed by atoms with E-state index in [1.807, 2.05) is 24.3 Å². The van der Waals surface area contributed by atoms with E-state index in [0.717, 1.165) is 0 Å². The van der Waals surface area contributed by atoms with Gasteiger partial charge in [-0.15, -0.1) is 0 Å². The summed E-state index contributed by atoms with van der Waals surface area (Å²) in [7, 11) is 1.58. The van der Waals surface area contributed by atoms with E-state index in [0.29, 0.717) is 42.3 Å². The van der Waals surface area contributed by atoms with E-state index < -0.39 is 0 Å². The molecule has 3 rings (SSSR count). The van der Waals surface area contributed by atoms with Gasteiger partial charge >= 0.3 is 0 Å². The molecule has 2 heterocycles. The van der Waals surface area contributed by atoms with Crippen LogP contribution in [0.3, 0.4) is 0 Å². The molecule has 1 atom stereocenters. The Kier molecular flexibility index (Phi) is 4.83. The van der Waals surface area contributed by atoms with Gasteiger partial charge in [0.1, 0.15) is 11.6 Å². The number of anilines is 2. The summed E-state index contributed by atoms with van der Waals surface area (Å²) in [6.07, 6.45) is 2.21. The molecule has 0 saturated carbocycles. The SMILES string of the molecule is COc1ccccc1Nc1ncccc1C(=O)N1CCC(C(N)=O)C1. The van der Waals surface area contributed by atoms with Gasteiger partial charge < -0.3 is 20.7 Å². The van der Waals surface area contributed by atoms with Gasteiger partial charge in [-0.3, -0.25) is 9.59 Å². The fraction of sp³-hybridized carbons (Fsp3) is 0.278. The number of nitrogens with zero attached hydrogens (tertiary/aromatic N) is 2. The van der Waals surface area contributed by atoms with Crippen molar-refractivity contribution in [1.29, 1.82) is 0 Å². The van der Waals surface area contributed by atoms with Crippen LogP contribution in [0.25, 0.3) is 0 Å². The molecule has 0 bridgehead atoms. The first kappa shape index (κ1) is 16.8. The summed E-state index contributed by atoms with van der Waals surface area (Å²) >= 11 is 0. The molecular weight excluding hydrogens is 320 g/mol. The molecule has 130 valence electrons. The summed E-state index contributed by atoms with van der Waals surface area (Å²) in [5.41, 5.74) is 6.51. The monoisotopic (exact) mass is 340 g/mol. The number of nitrogens with two attached hydrogens (primary N) is 1. The maximum atomic E-state index is 12.8. The Morgan fingerprint density at radius 1 is 1.28 bits per heavy atom. The number of hydrogen-bond donors (Lipinski definition) is 2. The molecule has 7 nitrogen and oxygen atoms in total. The molecule has 0 aliphatic carbocycles. The van der Waals surface area contributed by atoms with Crippen LogP contribution in [0.1, 0.15) is 16.8 Å². The van der Waals surface area contributed by atoms with Crippen molar-refractivity contribution < 1.29 is 14.3 Å². The van der Waals surface area contributed by atoms with Crippen LogP contribution in [-0.4, -0.2) is 41.9 Å². The number of nitrogens with one attached hydrogen (secondary N) is 1. The van der Waals surface area contributed by atoms with E-state index in [1.54, 1.807) is 30.3 Å². The smallest absolute Gasteiger partial charge is 0.257 e. The molecule has 2 amide bonds. The van der Waals surface area contributed by atoms with Crippen LogP contribution < -0.4 is 15.8 Å². The van der Waals surface area contributed by atoms with Crippen LogP contribution in [0.5, 0.6) is 5.75 Å². The third-order valence-electron chi connectivity index (χ3n) is 4.28. The topological polar surface area (TPSA) is 97.6 Å². The standard InChI is InChI=1S/C18H20N4O3/c1-25-15-7-3-2-6-14(15)21-17-13(5-4-9-20-17)18(24)22-10-8-12(11-22)16(19)23/h2-7,9,12H,8,10-11H2,1H3,(H2,19,23)(H,20,21). The Hall–Kier alpha value is -3.09. The number of carbonyl (C=O) groups excluding carboxylic acids is 2. The zero-order valence-electron chi connectivity index (χ0n) is 13.9. The molecule has 1 aliphatic heterocycles. The number of para-hydroxylation sites is 2. The van der Waals surface area contributed by atoms with Crippen LogP contribution in [0.4, 0.5) is 11.5 Å².